The highest BCUT2D eigenvalue weighted by atomic mass is 16.3. The summed E-state index contributed by atoms with van der Waals surface area (Å²) >= 11 is 0. The van der Waals surface area contributed by atoms with E-state index in [1.807, 2.05) is 12.1 Å². The normalized spacial score (nSPS) is 12.5. The number of benzene rings is 1. The fraction of sp³-hybridized carbons (Fsp3) is 0.429. The summed E-state index contributed by atoms with van der Waals surface area (Å²) in [6, 6.07) is 8.20. The molecule has 1 nitrogen and oxygen atoms in total. The lowest BCUT2D eigenvalue weighted by Crippen LogP contribution is -2.11. The van der Waals surface area contributed by atoms with Crippen molar-refractivity contribution in [1.82, 2.24) is 0 Å². The summed E-state index contributed by atoms with van der Waals surface area (Å²) in [7, 11) is 0. The number of hydrogen-bond acceptors (Lipinski definition) is 1. The number of aliphatic hydroxyl groups is 1. The first kappa shape index (κ1) is 12.0. The summed E-state index contributed by atoms with van der Waals surface area (Å²) in [6.45, 7) is 8.07. The second-order valence-corrected chi connectivity index (χ2v) is 4.09. The van der Waals surface area contributed by atoms with Crippen molar-refractivity contribution in [2.75, 3.05) is 0 Å². The molecule has 1 atom stereocenters. The summed E-state index contributed by atoms with van der Waals surface area (Å²) in [5.74, 6) is 0. The summed E-state index contributed by atoms with van der Waals surface area (Å²) < 4.78 is 0. The zero-order chi connectivity index (χ0) is 11.3. The van der Waals surface area contributed by atoms with Gasteiger partial charge in [-0.3, -0.25) is 0 Å². The predicted molar refractivity (Wildman–Crippen MR) is 64.9 cm³/mol. The highest BCUT2D eigenvalue weighted by Gasteiger charge is 2.07. The molecule has 0 amide bonds. The van der Waals surface area contributed by atoms with Crippen molar-refractivity contribution in [1.29, 1.82) is 0 Å². The Morgan fingerprint density at radius 3 is 2.67 bits per heavy atom. The van der Waals surface area contributed by atoms with Gasteiger partial charge in [0.15, 0.2) is 0 Å². The zero-order valence-corrected chi connectivity index (χ0v) is 9.66. The van der Waals surface area contributed by atoms with E-state index in [1.165, 1.54) is 11.1 Å². The Bertz CT molecular complexity index is 328. The van der Waals surface area contributed by atoms with Gasteiger partial charge < -0.3 is 5.11 Å². The summed E-state index contributed by atoms with van der Waals surface area (Å²) in [5, 5.41) is 9.87. The van der Waals surface area contributed by atoms with Crippen LogP contribution in [0.3, 0.4) is 0 Å². The molecule has 0 saturated heterocycles. The van der Waals surface area contributed by atoms with Crippen molar-refractivity contribution in [2.24, 2.45) is 0 Å². The molecule has 1 rings (SSSR count). The Morgan fingerprint density at radius 1 is 1.40 bits per heavy atom. The van der Waals surface area contributed by atoms with E-state index in [9.17, 15) is 5.11 Å². The molecule has 15 heavy (non-hydrogen) atoms. The first-order chi connectivity index (χ1) is 7.13. The number of aliphatic hydroxyl groups excluding tert-OH is 1. The maximum absolute atomic E-state index is 9.87. The standard InChI is InChI=1S/C14H20O/c1-4-11(2)9-14(15)10-13-8-6-5-7-12(13)3/h5-8,14-15H,2,4,9-10H2,1,3H3. The van der Waals surface area contributed by atoms with Crippen molar-refractivity contribution in [3.05, 3.63) is 47.5 Å². The Kier molecular flexibility index (Phi) is 4.57. The van der Waals surface area contributed by atoms with Gasteiger partial charge in [0, 0.05) is 0 Å². The fourth-order valence-electron chi connectivity index (χ4n) is 1.64. The van der Waals surface area contributed by atoms with Gasteiger partial charge in [0.05, 0.1) is 6.10 Å². The summed E-state index contributed by atoms with van der Waals surface area (Å²) in [4.78, 5) is 0. The van der Waals surface area contributed by atoms with Crippen molar-refractivity contribution in [3.8, 4) is 0 Å². The minimum atomic E-state index is -0.293. The molecule has 1 unspecified atom stereocenters. The third-order valence-electron chi connectivity index (χ3n) is 2.74. The maximum atomic E-state index is 9.87. The van der Waals surface area contributed by atoms with E-state index < -0.39 is 0 Å². The van der Waals surface area contributed by atoms with Crippen LogP contribution >= 0.6 is 0 Å². The summed E-state index contributed by atoms with van der Waals surface area (Å²) in [6.07, 6.45) is 2.10. The summed E-state index contributed by atoms with van der Waals surface area (Å²) in [5.41, 5.74) is 3.60. The monoisotopic (exact) mass is 204 g/mol. The Morgan fingerprint density at radius 2 is 2.07 bits per heavy atom. The molecule has 1 heteroatoms. The third kappa shape index (κ3) is 3.88. The fourth-order valence-corrected chi connectivity index (χ4v) is 1.64. The maximum Gasteiger partial charge on any atom is 0.0617 e. The van der Waals surface area contributed by atoms with Crippen LogP contribution in [-0.2, 0) is 6.42 Å². The lowest BCUT2D eigenvalue weighted by atomic mass is 9.98. The van der Waals surface area contributed by atoms with E-state index in [1.54, 1.807) is 0 Å². The van der Waals surface area contributed by atoms with Gasteiger partial charge in [-0.15, -0.1) is 0 Å². The average molecular weight is 204 g/mol. The lowest BCUT2D eigenvalue weighted by molar-refractivity contribution is 0.174. The largest absolute Gasteiger partial charge is 0.392 e. The average Bonchev–Trinajstić information content (AvgIpc) is 2.21. The molecular weight excluding hydrogens is 184 g/mol. The smallest absolute Gasteiger partial charge is 0.0617 e. The lowest BCUT2D eigenvalue weighted by Gasteiger charge is -2.13. The van der Waals surface area contributed by atoms with Crippen LogP contribution in [0.15, 0.2) is 36.4 Å². The van der Waals surface area contributed by atoms with Crippen LogP contribution in [0.1, 0.15) is 30.9 Å². The molecule has 1 N–H and O–H groups in total. The zero-order valence-electron chi connectivity index (χ0n) is 9.66. The molecule has 0 radical (unpaired) electrons. The van der Waals surface area contributed by atoms with E-state index >= 15 is 0 Å². The van der Waals surface area contributed by atoms with Gasteiger partial charge >= 0.3 is 0 Å². The molecule has 0 fully saturated rings. The molecule has 0 saturated carbocycles. The first-order valence-electron chi connectivity index (χ1n) is 5.52. The number of aryl methyl sites for hydroxylation is 1. The molecule has 0 aliphatic carbocycles. The van der Waals surface area contributed by atoms with Crippen LogP contribution in [0, 0.1) is 6.92 Å². The molecule has 1 aromatic rings. The van der Waals surface area contributed by atoms with E-state index in [0.29, 0.717) is 6.42 Å². The van der Waals surface area contributed by atoms with Crippen molar-refractivity contribution >= 4 is 0 Å². The Labute approximate surface area is 92.5 Å². The second kappa shape index (κ2) is 5.72. The van der Waals surface area contributed by atoms with Crippen molar-refractivity contribution in [3.63, 3.8) is 0 Å². The first-order valence-corrected chi connectivity index (χ1v) is 5.52. The van der Waals surface area contributed by atoms with Crippen LogP contribution in [0.5, 0.6) is 0 Å². The quantitative estimate of drug-likeness (QED) is 0.730. The Hall–Kier alpha value is -1.08. The van der Waals surface area contributed by atoms with Crippen LogP contribution < -0.4 is 0 Å². The van der Waals surface area contributed by atoms with Crippen LogP contribution in [0.25, 0.3) is 0 Å². The van der Waals surface area contributed by atoms with Crippen LogP contribution in [0.2, 0.25) is 0 Å². The molecule has 0 spiro atoms. The van der Waals surface area contributed by atoms with E-state index in [-0.39, 0.29) is 6.10 Å². The van der Waals surface area contributed by atoms with Gasteiger partial charge in [0.1, 0.15) is 0 Å². The Balaban J connectivity index is 2.55. The van der Waals surface area contributed by atoms with Gasteiger partial charge in [0.2, 0.25) is 0 Å². The van der Waals surface area contributed by atoms with Gasteiger partial charge in [0.25, 0.3) is 0 Å². The van der Waals surface area contributed by atoms with Gasteiger partial charge in [-0.2, -0.15) is 0 Å². The second-order valence-electron chi connectivity index (χ2n) is 4.09. The molecule has 0 aliphatic heterocycles. The molecule has 82 valence electrons. The topological polar surface area (TPSA) is 20.2 Å². The number of hydrogen-bond donors (Lipinski definition) is 1. The third-order valence-corrected chi connectivity index (χ3v) is 2.74. The van der Waals surface area contributed by atoms with Gasteiger partial charge in [-0.1, -0.05) is 43.3 Å². The molecule has 0 bridgehead atoms. The minimum absolute atomic E-state index is 0.293. The van der Waals surface area contributed by atoms with E-state index in [4.69, 9.17) is 0 Å². The van der Waals surface area contributed by atoms with Gasteiger partial charge in [-0.25, -0.2) is 0 Å². The number of rotatable bonds is 5. The highest BCUT2D eigenvalue weighted by Crippen LogP contribution is 2.14. The van der Waals surface area contributed by atoms with Gasteiger partial charge in [-0.05, 0) is 37.3 Å². The highest BCUT2D eigenvalue weighted by molar-refractivity contribution is 5.26. The minimum Gasteiger partial charge on any atom is -0.392 e. The molecule has 1 aromatic carbocycles. The van der Waals surface area contributed by atoms with Crippen molar-refractivity contribution < 1.29 is 5.11 Å². The van der Waals surface area contributed by atoms with Crippen LogP contribution in [-0.4, -0.2) is 11.2 Å². The van der Waals surface area contributed by atoms with Crippen molar-refractivity contribution in [2.45, 2.75) is 39.2 Å². The molecule has 0 heterocycles. The van der Waals surface area contributed by atoms with Crippen LogP contribution in [0.4, 0.5) is 0 Å². The molecular formula is C14H20O. The predicted octanol–water partition coefficient (Wildman–Crippen LogP) is 3.25. The SMILES string of the molecule is C=C(CC)CC(O)Cc1ccccc1C. The van der Waals surface area contributed by atoms with E-state index in [0.717, 1.165) is 18.4 Å². The van der Waals surface area contributed by atoms with E-state index in [2.05, 4.69) is 32.6 Å². The molecule has 0 aromatic heterocycles. The molecule has 0 aliphatic rings.